The zero-order valence-corrected chi connectivity index (χ0v) is 16.3. The zero-order chi connectivity index (χ0) is 18.7. The maximum absolute atomic E-state index is 11.9. The summed E-state index contributed by atoms with van der Waals surface area (Å²) in [5.74, 6) is 0.445. The van der Waals surface area contributed by atoms with Crippen molar-refractivity contribution in [2.75, 3.05) is 13.7 Å². The Hall–Kier alpha value is -2.60. The summed E-state index contributed by atoms with van der Waals surface area (Å²) >= 11 is 3.62. The molecule has 3 rings (SSSR count). The lowest BCUT2D eigenvalue weighted by molar-refractivity contribution is 0.0478. The van der Waals surface area contributed by atoms with Crippen LogP contribution in [0, 0.1) is 6.92 Å². The van der Waals surface area contributed by atoms with Gasteiger partial charge in [0, 0.05) is 15.6 Å². The van der Waals surface area contributed by atoms with Crippen molar-refractivity contribution in [3.05, 3.63) is 58.3 Å². The van der Waals surface area contributed by atoms with E-state index in [1.165, 1.54) is 0 Å². The Morgan fingerprint density at radius 3 is 2.46 bits per heavy atom. The van der Waals surface area contributed by atoms with Crippen molar-refractivity contribution in [2.45, 2.75) is 13.8 Å². The first kappa shape index (κ1) is 18.2. The third-order valence-electron chi connectivity index (χ3n) is 4.03. The molecule has 2 aromatic carbocycles. The summed E-state index contributed by atoms with van der Waals surface area (Å²) in [6, 6.07) is 13.7. The van der Waals surface area contributed by atoms with Gasteiger partial charge >= 0.3 is 5.97 Å². The topological polar surface area (TPSA) is 61.6 Å². The van der Waals surface area contributed by atoms with Crippen LogP contribution in [0.15, 0.2) is 51.5 Å². The quantitative estimate of drug-likeness (QED) is 0.531. The van der Waals surface area contributed by atoms with E-state index < -0.39 is 5.97 Å². The fourth-order valence-electron chi connectivity index (χ4n) is 2.66. The highest BCUT2D eigenvalue weighted by Crippen LogP contribution is 2.34. The van der Waals surface area contributed by atoms with E-state index in [0.29, 0.717) is 11.3 Å². The van der Waals surface area contributed by atoms with Crippen molar-refractivity contribution < 1.29 is 18.8 Å². The molecule has 0 aliphatic rings. The summed E-state index contributed by atoms with van der Waals surface area (Å²) in [6.07, 6.45) is 0. The van der Waals surface area contributed by atoms with Crippen molar-refractivity contribution in [3.8, 4) is 28.1 Å². The lowest BCUT2D eigenvalue weighted by atomic mass is 10.0. The molecule has 0 bridgehead atoms. The SMILES string of the molecule is CCOC(=O)c1onc(-c2ccc(-c3ccc(OC)cc3)c(Br)c2)c1C. The van der Waals surface area contributed by atoms with Gasteiger partial charge in [-0.15, -0.1) is 0 Å². The highest BCUT2D eigenvalue weighted by molar-refractivity contribution is 9.10. The number of esters is 1. The van der Waals surface area contributed by atoms with Crippen molar-refractivity contribution in [1.29, 1.82) is 0 Å². The van der Waals surface area contributed by atoms with Crippen LogP contribution in [0.4, 0.5) is 0 Å². The Morgan fingerprint density at radius 2 is 1.85 bits per heavy atom. The molecule has 1 aromatic heterocycles. The maximum atomic E-state index is 11.9. The Kier molecular flexibility index (Phi) is 5.42. The van der Waals surface area contributed by atoms with E-state index in [9.17, 15) is 4.79 Å². The number of aromatic nitrogens is 1. The van der Waals surface area contributed by atoms with E-state index in [0.717, 1.165) is 26.9 Å². The predicted molar refractivity (Wildman–Crippen MR) is 102 cm³/mol. The first-order valence-electron chi connectivity index (χ1n) is 8.13. The second-order valence-corrected chi connectivity index (χ2v) is 6.48. The minimum Gasteiger partial charge on any atom is -0.497 e. The first-order chi connectivity index (χ1) is 12.5. The fraction of sp³-hybridized carbons (Fsp3) is 0.200. The average molecular weight is 416 g/mol. The van der Waals surface area contributed by atoms with E-state index in [4.69, 9.17) is 14.0 Å². The molecule has 3 aromatic rings. The molecule has 6 heteroatoms. The van der Waals surface area contributed by atoms with Gasteiger partial charge in [0.15, 0.2) is 0 Å². The smallest absolute Gasteiger partial charge is 0.377 e. The number of halogens is 1. The van der Waals surface area contributed by atoms with Crippen LogP contribution in [-0.2, 0) is 4.74 Å². The molecule has 0 saturated carbocycles. The highest BCUT2D eigenvalue weighted by Gasteiger charge is 2.21. The third-order valence-corrected chi connectivity index (χ3v) is 4.68. The number of ether oxygens (including phenoxy) is 2. The molecule has 0 saturated heterocycles. The molecular formula is C20H18BrNO4. The molecule has 0 N–H and O–H groups in total. The van der Waals surface area contributed by atoms with Crippen molar-refractivity contribution in [2.24, 2.45) is 0 Å². The number of carbonyl (C=O) groups excluding carboxylic acids is 1. The molecule has 1 heterocycles. The lowest BCUT2D eigenvalue weighted by Crippen LogP contribution is -2.04. The molecule has 0 fully saturated rings. The van der Waals surface area contributed by atoms with Gasteiger partial charge in [-0.2, -0.15) is 0 Å². The van der Waals surface area contributed by atoms with Crippen LogP contribution >= 0.6 is 15.9 Å². The van der Waals surface area contributed by atoms with E-state index in [-0.39, 0.29) is 12.4 Å². The van der Waals surface area contributed by atoms with Gasteiger partial charge in [0.05, 0.1) is 13.7 Å². The van der Waals surface area contributed by atoms with Crippen molar-refractivity contribution >= 4 is 21.9 Å². The highest BCUT2D eigenvalue weighted by atomic mass is 79.9. The molecule has 0 atom stereocenters. The van der Waals surface area contributed by atoms with Gasteiger partial charge in [-0.3, -0.25) is 0 Å². The van der Waals surface area contributed by atoms with Crippen molar-refractivity contribution in [1.82, 2.24) is 5.16 Å². The Morgan fingerprint density at radius 1 is 1.15 bits per heavy atom. The van der Waals surface area contributed by atoms with Crippen LogP contribution in [0.3, 0.4) is 0 Å². The van der Waals surface area contributed by atoms with Gasteiger partial charge in [-0.1, -0.05) is 45.4 Å². The van der Waals surface area contributed by atoms with Gasteiger partial charge < -0.3 is 14.0 Å². The lowest BCUT2D eigenvalue weighted by Gasteiger charge is -2.08. The van der Waals surface area contributed by atoms with Crippen LogP contribution in [0.2, 0.25) is 0 Å². The zero-order valence-electron chi connectivity index (χ0n) is 14.7. The van der Waals surface area contributed by atoms with Crippen molar-refractivity contribution in [3.63, 3.8) is 0 Å². The summed E-state index contributed by atoms with van der Waals surface area (Å²) in [4.78, 5) is 11.9. The number of methoxy groups -OCH3 is 1. The largest absolute Gasteiger partial charge is 0.497 e. The molecule has 0 unspecified atom stereocenters. The van der Waals surface area contributed by atoms with Crippen LogP contribution < -0.4 is 4.74 Å². The molecule has 134 valence electrons. The number of rotatable bonds is 5. The summed E-state index contributed by atoms with van der Waals surface area (Å²) in [7, 11) is 1.64. The van der Waals surface area contributed by atoms with E-state index in [2.05, 4.69) is 21.1 Å². The third kappa shape index (κ3) is 3.51. The monoisotopic (exact) mass is 415 g/mol. The van der Waals surface area contributed by atoms with Gasteiger partial charge in [-0.25, -0.2) is 4.79 Å². The number of hydrogen-bond donors (Lipinski definition) is 0. The molecule has 0 radical (unpaired) electrons. The summed E-state index contributed by atoms with van der Waals surface area (Å²) < 4.78 is 16.3. The number of carbonyl (C=O) groups is 1. The predicted octanol–water partition coefficient (Wildman–Crippen LogP) is 5.26. The van der Waals surface area contributed by atoms with Crippen LogP contribution in [0.5, 0.6) is 5.75 Å². The Bertz CT molecular complexity index is 931. The molecule has 0 aliphatic heterocycles. The summed E-state index contributed by atoms with van der Waals surface area (Å²) in [6.45, 7) is 3.83. The van der Waals surface area contributed by atoms with E-state index >= 15 is 0 Å². The normalized spacial score (nSPS) is 10.6. The second-order valence-electron chi connectivity index (χ2n) is 5.63. The molecule has 0 spiro atoms. The first-order valence-corrected chi connectivity index (χ1v) is 8.92. The minimum absolute atomic E-state index is 0.136. The number of nitrogens with zero attached hydrogens (tertiary/aromatic N) is 1. The van der Waals surface area contributed by atoms with Crippen LogP contribution in [-0.4, -0.2) is 24.8 Å². The van der Waals surface area contributed by atoms with Crippen LogP contribution in [0.25, 0.3) is 22.4 Å². The average Bonchev–Trinajstić information content (AvgIpc) is 3.03. The molecule has 0 amide bonds. The standard InChI is InChI=1S/C20H18BrNO4/c1-4-25-20(23)19-12(2)18(22-26-19)14-7-10-16(17(21)11-14)13-5-8-15(24-3)9-6-13/h5-11H,4H2,1-3H3. The molecule has 5 nitrogen and oxygen atoms in total. The minimum atomic E-state index is -0.502. The second kappa shape index (κ2) is 7.74. The van der Waals surface area contributed by atoms with Gasteiger partial charge in [0.1, 0.15) is 11.4 Å². The summed E-state index contributed by atoms with van der Waals surface area (Å²) in [5, 5.41) is 4.04. The van der Waals surface area contributed by atoms with Gasteiger partial charge in [0.2, 0.25) is 5.76 Å². The summed E-state index contributed by atoms with van der Waals surface area (Å²) in [5.41, 5.74) is 4.24. The molecule has 26 heavy (non-hydrogen) atoms. The van der Waals surface area contributed by atoms with Gasteiger partial charge in [0.25, 0.3) is 0 Å². The molecule has 0 aliphatic carbocycles. The number of hydrogen-bond acceptors (Lipinski definition) is 5. The Balaban J connectivity index is 1.93. The Labute approximate surface area is 160 Å². The number of benzene rings is 2. The maximum Gasteiger partial charge on any atom is 0.377 e. The van der Waals surface area contributed by atoms with E-state index in [1.807, 2.05) is 42.5 Å². The molecular weight excluding hydrogens is 398 g/mol. The fourth-order valence-corrected chi connectivity index (χ4v) is 3.27. The van der Waals surface area contributed by atoms with Crippen LogP contribution in [0.1, 0.15) is 23.0 Å². The van der Waals surface area contributed by atoms with Gasteiger partial charge in [-0.05, 0) is 43.2 Å². The van der Waals surface area contributed by atoms with E-state index in [1.54, 1.807) is 21.0 Å².